The number of rotatable bonds is 3. The lowest BCUT2D eigenvalue weighted by Gasteiger charge is -2.25. The van der Waals surface area contributed by atoms with Crippen molar-refractivity contribution in [3.63, 3.8) is 0 Å². The van der Waals surface area contributed by atoms with Crippen LogP contribution in [0.15, 0.2) is 47.6 Å². The molecule has 120 valence electrons. The van der Waals surface area contributed by atoms with Crippen molar-refractivity contribution in [2.75, 3.05) is 11.6 Å². The highest BCUT2D eigenvalue weighted by atomic mass is 32.2. The van der Waals surface area contributed by atoms with Gasteiger partial charge in [-0.1, -0.05) is 24.3 Å². The molecule has 1 aliphatic rings. The largest absolute Gasteiger partial charge is 0.323 e. The summed E-state index contributed by atoms with van der Waals surface area (Å²) in [5, 5.41) is 5.95. The number of hydrogen-bond donors (Lipinski definition) is 2. The maximum atomic E-state index is 12.3. The van der Waals surface area contributed by atoms with E-state index in [1.54, 1.807) is 0 Å². The number of amides is 1. The second kappa shape index (κ2) is 6.10. The Bertz CT molecular complexity index is 832. The average molecular weight is 331 g/mol. The molecular formula is C16H17N3O3S. The molecule has 1 aromatic carbocycles. The van der Waals surface area contributed by atoms with E-state index in [9.17, 15) is 13.2 Å². The summed E-state index contributed by atoms with van der Waals surface area (Å²) in [7, 11) is -3.34. The van der Waals surface area contributed by atoms with Gasteiger partial charge < -0.3 is 10.6 Å². The smallest absolute Gasteiger partial charge is 0.241 e. The summed E-state index contributed by atoms with van der Waals surface area (Å²) in [6.45, 7) is 0.652. The third-order valence-corrected chi connectivity index (χ3v) is 4.78. The number of fused-ring (bicyclic) bond motifs is 1. The first-order chi connectivity index (χ1) is 10.9. The van der Waals surface area contributed by atoms with Gasteiger partial charge in [0, 0.05) is 12.8 Å². The Morgan fingerprint density at radius 3 is 2.61 bits per heavy atom. The molecule has 7 heteroatoms. The maximum Gasteiger partial charge on any atom is 0.241 e. The molecule has 6 nitrogen and oxygen atoms in total. The number of nitrogens with zero attached hydrogens (tertiary/aromatic N) is 1. The van der Waals surface area contributed by atoms with Gasteiger partial charge in [-0.15, -0.1) is 0 Å². The lowest BCUT2D eigenvalue weighted by atomic mass is 9.95. The van der Waals surface area contributed by atoms with Crippen molar-refractivity contribution in [3.8, 4) is 0 Å². The third-order valence-electron chi connectivity index (χ3n) is 3.78. The van der Waals surface area contributed by atoms with Gasteiger partial charge in [0.25, 0.3) is 0 Å². The number of carbonyl (C=O) groups excluding carboxylic acids is 1. The third kappa shape index (κ3) is 3.57. The Balaban J connectivity index is 1.68. The molecule has 0 spiro atoms. The molecule has 2 aromatic rings. The van der Waals surface area contributed by atoms with Crippen LogP contribution in [0.1, 0.15) is 11.1 Å². The molecule has 0 saturated carbocycles. The van der Waals surface area contributed by atoms with Crippen molar-refractivity contribution in [3.05, 3.63) is 53.7 Å². The fourth-order valence-electron chi connectivity index (χ4n) is 2.54. The fraction of sp³-hybridized carbons (Fsp3) is 0.250. The van der Waals surface area contributed by atoms with Crippen LogP contribution in [-0.4, -0.2) is 31.6 Å². The normalized spacial score (nSPS) is 17.3. The van der Waals surface area contributed by atoms with Crippen LogP contribution in [0.2, 0.25) is 0 Å². The van der Waals surface area contributed by atoms with Gasteiger partial charge in [-0.25, -0.2) is 13.4 Å². The van der Waals surface area contributed by atoms with Crippen molar-refractivity contribution in [1.82, 2.24) is 10.3 Å². The maximum absolute atomic E-state index is 12.3. The summed E-state index contributed by atoms with van der Waals surface area (Å²) in [6, 6.07) is 10.6. The number of hydrogen-bond acceptors (Lipinski definition) is 5. The standard InChI is InChI=1S/C16H17N3O3S/c1-23(21,22)15-7-6-13(10-18-15)19-16(20)14-8-11-4-2-3-5-12(11)9-17-14/h2-7,10,14,17H,8-9H2,1H3,(H,19,20). The summed E-state index contributed by atoms with van der Waals surface area (Å²) < 4.78 is 22.7. The van der Waals surface area contributed by atoms with Crippen LogP contribution < -0.4 is 10.6 Å². The van der Waals surface area contributed by atoms with E-state index in [0.717, 1.165) is 11.8 Å². The van der Waals surface area contributed by atoms with Gasteiger partial charge in [0.2, 0.25) is 5.91 Å². The molecule has 1 aliphatic heterocycles. The molecule has 1 unspecified atom stereocenters. The summed E-state index contributed by atoms with van der Waals surface area (Å²) in [6.07, 6.45) is 3.07. The van der Waals surface area contributed by atoms with Crippen LogP contribution in [-0.2, 0) is 27.6 Å². The fourth-order valence-corrected chi connectivity index (χ4v) is 3.10. The minimum atomic E-state index is -3.34. The van der Waals surface area contributed by atoms with Gasteiger partial charge in [0.05, 0.1) is 17.9 Å². The molecule has 0 fully saturated rings. The van der Waals surface area contributed by atoms with Gasteiger partial charge in [0.15, 0.2) is 14.9 Å². The minimum Gasteiger partial charge on any atom is -0.323 e. The highest BCUT2D eigenvalue weighted by Gasteiger charge is 2.24. The van der Waals surface area contributed by atoms with Crippen LogP contribution in [0.25, 0.3) is 0 Å². The molecule has 0 radical (unpaired) electrons. The summed E-state index contributed by atoms with van der Waals surface area (Å²) in [4.78, 5) is 16.2. The number of anilines is 1. The highest BCUT2D eigenvalue weighted by molar-refractivity contribution is 7.90. The van der Waals surface area contributed by atoms with E-state index in [0.29, 0.717) is 18.7 Å². The number of carbonyl (C=O) groups is 1. The zero-order valence-corrected chi connectivity index (χ0v) is 13.4. The van der Waals surface area contributed by atoms with Crippen LogP contribution >= 0.6 is 0 Å². The van der Waals surface area contributed by atoms with Gasteiger partial charge >= 0.3 is 0 Å². The van der Waals surface area contributed by atoms with Crippen LogP contribution in [0, 0.1) is 0 Å². The number of pyridine rings is 1. The van der Waals surface area contributed by atoms with Crippen molar-refractivity contribution in [2.24, 2.45) is 0 Å². The molecule has 2 N–H and O–H groups in total. The van der Waals surface area contributed by atoms with Gasteiger partial charge in [-0.2, -0.15) is 0 Å². The van der Waals surface area contributed by atoms with E-state index in [4.69, 9.17) is 0 Å². The Morgan fingerprint density at radius 2 is 1.96 bits per heavy atom. The SMILES string of the molecule is CS(=O)(=O)c1ccc(NC(=O)C2Cc3ccccc3CN2)cn1. The molecule has 3 rings (SSSR count). The topological polar surface area (TPSA) is 88.2 Å². The highest BCUT2D eigenvalue weighted by Crippen LogP contribution is 2.17. The monoisotopic (exact) mass is 331 g/mol. The van der Waals surface area contributed by atoms with E-state index >= 15 is 0 Å². The van der Waals surface area contributed by atoms with Crippen molar-refractivity contribution in [2.45, 2.75) is 24.0 Å². The average Bonchev–Trinajstić information content (AvgIpc) is 2.54. The second-order valence-electron chi connectivity index (χ2n) is 5.55. The Morgan fingerprint density at radius 1 is 1.22 bits per heavy atom. The predicted octanol–water partition coefficient (Wildman–Crippen LogP) is 1.14. The first-order valence-electron chi connectivity index (χ1n) is 7.20. The Kier molecular flexibility index (Phi) is 4.14. The minimum absolute atomic E-state index is 0.0137. The van der Waals surface area contributed by atoms with E-state index in [-0.39, 0.29) is 17.0 Å². The molecule has 0 saturated heterocycles. The number of aromatic nitrogens is 1. The first kappa shape index (κ1) is 15.6. The number of benzene rings is 1. The quantitative estimate of drug-likeness (QED) is 0.880. The zero-order chi connectivity index (χ0) is 16.4. The van der Waals surface area contributed by atoms with E-state index in [1.165, 1.54) is 23.9 Å². The van der Waals surface area contributed by atoms with Crippen molar-refractivity contribution >= 4 is 21.4 Å². The Hall–Kier alpha value is -2.25. The molecule has 0 aliphatic carbocycles. The Labute approximate surface area is 134 Å². The summed E-state index contributed by atoms with van der Waals surface area (Å²) >= 11 is 0. The van der Waals surface area contributed by atoms with Gasteiger partial charge in [-0.3, -0.25) is 4.79 Å². The van der Waals surface area contributed by atoms with E-state index < -0.39 is 9.84 Å². The molecule has 0 bridgehead atoms. The molecule has 23 heavy (non-hydrogen) atoms. The van der Waals surface area contributed by atoms with Crippen LogP contribution in [0.4, 0.5) is 5.69 Å². The predicted molar refractivity (Wildman–Crippen MR) is 86.8 cm³/mol. The summed E-state index contributed by atoms with van der Waals surface area (Å²) in [5.41, 5.74) is 2.84. The lowest BCUT2D eigenvalue weighted by Crippen LogP contribution is -2.44. The molecule has 1 amide bonds. The van der Waals surface area contributed by atoms with Crippen molar-refractivity contribution < 1.29 is 13.2 Å². The van der Waals surface area contributed by atoms with Crippen molar-refractivity contribution in [1.29, 1.82) is 0 Å². The molecular weight excluding hydrogens is 314 g/mol. The molecule has 1 atom stereocenters. The first-order valence-corrected chi connectivity index (χ1v) is 9.10. The zero-order valence-electron chi connectivity index (χ0n) is 12.6. The molecule has 1 aromatic heterocycles. The number of nitrogens with one attached hydrogen (secondary N) is 2. The lowest BCUT2D eigenvalue weighted by molar-refractivity contribution is -0.118. The summed E-state index contributed by atoms with van der Waals surface area (Å²) in [5.74, 6) is -0.159. The second-order valence-corrected chi connectivity index (χ2v) is 7.52. The van der Waals surface area contributed by atoms with Crippen LogP contribution in [0.5, 0.6) is 0 Å². The van der Waals surface area contributed by atoms with Crippen LogP contribution in [0.3, 0.4) is 0 Å². The van der Waals surface area contributed by atoms with E-state index in [1.807, 2.05) is 24.3 Å². The van der Waals surface area contributed by atoms with E-state index in [2.05, 4.69) is 15.6 Å². The van der Waals surface area contributed by atoms with Gasteiger partial charge in [0.1, 0.15) is 0 Å². The molecule has 2 heterocycles. The number of sulfone groups is 1. The van der Waals surface area contributed by atoms with Gasteiger partial charge in [-0.05, 0) is 29.7 Å².